The van der Waals surface area contributed by atoms with Crippen molar-refractivity contribution in [3.05, 3.63) is 0 Å². The van der Waals surface area contributed by atoms with Crippen LogP contribution in [0.1, 0.15) is 71.6 Å². The summed E-state index contributed by atoms with van der Waals surface area (Å²) in [6, 6.07) is 1.66. The van der Waals surface area contributed by atoms with Crippen molar-refractivity contribution in [2.45, 2.75) is 83.7 Å². The molecule has 0 aromatic carbocycles. The highest BCUT2D eigenvalue weighted by Crippen LogP contribution is 2.61. The third kappa shape index (κ3) is 2.17. The first kappa shape index (κ1) is 12.7. The van der Waals surface area contributed by atoms with E-state index >= 15 is 0 Å². The molecular formula is C18H31N. The molecule has 0 radical (unpaired) electrons. The third-order valence-electron chi connectivity index (χ3n) is 7.05. The number of rotatable bonds is 5. The molecule has 3 atom stereocenters. The topological polar surface area (TPSA) is 12.0 Å². The van der Waals surface area contributed by atoms with Crippen LogP contribution >= 0.6 is 0 Å². The Bertz CT molecular complexity index is 312. The zero-order valence-electron chi connectivity index (χ0n) is 12.8. The average molecular weight is 261 g/mol. The molecule has 5 saturated carbocycles. The van der Waals surface area contributed by atoms with Crippen LogP contribution in [0.15, 0.2) is 0 Å². The fraction of sp³-hybridized carbons (Fsp3) is 1.00. The first-order chi connectivity index (χ1) is 9.18. The van der Waals surface area contributed by atoms with Crippen molar-refractivity contribution in [1.82, 2.24) is 5.32 Å². The number of nitrogens with one attached hydrogen (secondary N) is 1. The van der Waals surface area contributed by atoms with Gasteiger partial charge in [-0.2, -0.15) is 0 Å². The molecule has 1 nitrogen and oxygen atoms in total. The van der Waals surface area contributed by atoms with Crippen LogP contribution in [0.5, 0.6) is 0 Å². The van der Waals surface area contributed by atoms with E-state index in [1.54, 1.807) is 38.5 Å². The molecule has 0 spiro atoms. The highest BCUT2D eigenvalue weighted by atomic mass is 15.0. The Morgan fingerprint density at radius 2 is 1.58 bits per heavy atom. The molecule has 1 heteroatoms. The Balaban J connectivity index is 1.41. The molecule has 0 heterocycles. The summed E-state index contributed by atoms with van der Waals surface area (Å²) >= 11 is 0. The highest BCUT2D eigenvalue weighted by molar-refractivity contribution is 5.07. The Morgan fingerprint density at radius 3 is 2.11 bits per heavy atom. The average Bonchev–Trinajstić information content (AvgIpc) is 3.06. The van der Waals surface area contributed by atoms with Gasteiger partial charge in [-0.25, -0.2) is 0 Å². The van der Waals surface area contributed by atoms with E-state index in [1.807, 2.05) is 0 Å². The summed E-state index contributed by atoms with van der Waals surface area (Å²) in [7, 11) is 0. The predicted octanol–water partition coefficient (Wildman–Crippen LogP) is 4.37. The Kier molecular flexibility index (Phi) is 2.99. The molecule has 0 aromatic heterocycles. The molecule has 5 rings (SSSR count). The van der Waals surface area contributed by atoms with Gasteiger partial charge < -0.3 is 5.32 Å². The summed E-state index contributed by atoms with van der Waals surface area (Å²) in [4.78, 5) is 0. The zero-order valence-corrected chi connectivity index (χ0v) is 12.8. The lowest BCUT2D eigenvalue weighted by Crippen LogP contribution is -2.55. The minimum Gasteiger partial charge on any atom is -0.311 e. The molecule has 1 N–H and O–H groups in total. The minimum absolute atomic E-state index is 0.702. The second-order valence-electron chi connectivity index (χ2n) is 8.56. The van der Waals surface area contributed by atoms with E-state index in [1.165, 1.54) is 19.3 Å². The zero-order chi connectivity index (χ0) is 13.0. The lowest BCUT2D eigenvalue weighted by atomic mass is 9.48. The molecule has 19 heavy (non-hydrogen) atoms. The lowest BCUT2D eigenvalue weighted by molar-refractivity contribution is -0.0708. The standard InChI is InChI=1S/C18H31N/c1-3-4-16-8-17(16)19-12(2)18-9-13-5-14(10-18)7-15(6-13)11-18/h12-17,19H,3-11H2,1-2H3. The lowest BCUT2D eigenvalue weighted by Gasteiger charge is -2.59. The second kappa shape index (κ2) is 4.48. The molecule has 0 amide bonds. The van der Waals surface area contributed by atoms with Gasteiger partial charge in [0.15, 0.2) is 0 Å². The van der Waals surface area contributed by atoms with Gasteiger partial charge in [0.25, 0.3) is 0 Å². The van der Waals surface area contributed by atoms with Gasteiger partial charge in [0, 0.05) is 12.1 Å². The Hall–Kier alpha value is -0.0400. The number of hydrogen-bond donors (Lipinski definition) is 1. The first-order valence-corrected chi connectivity index (χ1v) is 8.94. The molecular weight excluding hydrogens is 230 g/mol. The molecule has 0 aromatic rings. The molecule has 108 valence electrons. The van der Waals surface area contributed by atoms with Crippen molar-refractivity contribution < 1.29 is 0 Å². The summed E-state index contributed by atoms with van der Waals surface area (Å²) in [6.45, 7) is 4.85. The fourth-order valence-electron chi connectivity index (χ4n) is 6.35. The van der Waals surface area contributed by atoms with Crippen LogP contribution < -0.4 is 5.32 Å². The number of hydrogen-bond acceptors (Lipinski definition) is 1. The predicted molar refractivity (Wildman–Crippen MR) is 80.0 cm³/mol. The molecule has 0 saturated heterocycles. The van der Waals surface area contributed by atoms with E-state index in [2.05, 4.69) is 19.2 Å². The monoisotopic (exact) mass is 261 g/mol. The van der Waals surface area contributed by atoms with Gasteiger partial charge in [-0.3, -0.25) is 0 Å². The van der Waals surface area contributed by atoms with E-state index in [-0.39, 0.29) is 0 Å². The van der Waals surface area contributed by atoms with Crippen molar-refractivity contribution in [3.8, 4) is 0 Å². The summed E-state index contributed by atoms with van der Waals surface area (Å²) in [6.07, 6.45) is 13.7. The summed E-state index contributed by atoms with van der Waals surface area (Å²) in [5.41, 5.74) is 0.702. The highest BCUT2D eigenvalue weighted by Gasteiger charge is 2.54. The molecule has 0 aliphatic heterocycles. The van der Waals surface area contributed by atoms with Gasteiger partial charge in [-0.1, -0.05) is 13.3 Å². The van der Waals surface area contributed by atoms with Crippen LogP contribution in [-0.2, 0) is 0 Å². The van der Waals surface area contributed by atoms with E-state index in [0.29, 0.717) is 5.41 Å². The van der Waals surface area contributed by atoms with Gasteiger partial charge in [-0.15, -0.1) is 0 Å². The summed E-state index contributed by atoms with van der Waals surface area (Å²) in [5.74, 6) is 4.31. The van der Waals surface area contributed by atoms with E-state index in [9.17, 15) is 0 Å². The van der Waals surface area contributed by atoms with Crippen LogP contribution in [0.2, 0.25) is 0 Å². The van der Waals surface area contributed by atoms with Crippen LogP contribution in [0, 0.1) is 29.1 Å². The molecule has 5 aliphatic carbocycles. The maximum absolute atomic E-state index is 4.05. The van der Waals surface area contributed by atoms with Gasteiger partial charge in [-0.05, 0) is 87.4 Å². The summed E-state index contributed by atoms with van der Waals surface area (Å²) < 4.78 is 0. The largest absolute Gasteiger partial charge is 0.311 e. The van der Waals surface area contributed by atoms with Crippen molar-refractivity contribution in [1.29, 1.82) is 0 Å². The third-order valence-corrected chi connectivity index (χ3v) is 7.05. The molecule has 3 unspecified atom stereocenters. The van der Waals surface area contributed by atoms with Crippen LogP contribution in [-0.4, -0.2) is 12.1 Å². The van der Waals surface area contributed by atoms with E-state index in [0.717, 1.165) is 35.8 Å². The van der Waals surface area contributed by atoms with Crippen molar-refractivity contribution in [3.63, 3.8) is 0 Å². The minimum atomic E-state index is 0.702. The quantitative estimate of drug-likeness (QED) is 0.775. The first-order valence-electron chi connectivity index (χ1n) is 8.94. The van der Waals surface area contributed by atoms with Gasteiger partial charge in [0.05, 0.1) is 0 Å². The molecule has 4 bridgehead atoms. The SMILES string of the molecule is CCCC1CC1NC(C)C12CC3CC(CC(C3)C1)C2. The summed E-state index contributed by atoms with van der Waals surface area (Å²) in [5, 5.41) is 4.05. The maximum Gasteiger partial charge on any atom is 0.0102 e. The fourth-order valence-corrected chi connectivity index (χ4v) is 6.35. The van der Waals surface area contributed by atoms with Crippen LogP contribution in [0.25, 0.3) is 0 Å². The smallest absolute Gasteiger partial charge is 0.0102 e. The van der Waals surface area contributed by atoms with Crippen LogP contribution in [0.3, 0.4) is 0 Å². The van der Waals surface area contributed by atoms with Gasteiger partial charge in [0.2, 0.25) is 0 Å². The van der Waals surface area contributed by atoms with Gasteiger partial charge >= 0.3 is 0 Å². The maximum atomic E-state index is 4.05. The van der Waals surface area contributed by atoms with Crippen molar-refractivity contribution in [2.24, 2.45) is 29.1 Å². The molecule has 5 fully saturated rings. The van der Waals surface area contributed by atoms with Crippen molar-refractivity contribution >= 4 is 0 Å². The van der Waals surface area contributed by atoms with E-state index in [4.69, 9.17) is 0 Å². The normalized spacial score (nSPS) is 52.4. The second-order valence-corrected chi connectivity index (χ2v) is 8.56. The van der Waals surface area contributed by atoms with E-state index < -0.39 is 0 Å². The van der Waals surface area contributed by atoms with Crippen LogP contribution in [0.4, 0.5) is 0 Å². The molecule has 5 aliphatic rings. The van der Waals surface area contributed by atoms with Gasteiger partial charge in [0.1, 0.15) is 0 Å². The van der Waals surface area contributed by atoms with Crippen molar-refractivity contribution in [2.75, 3.05) is 0 Å². The Labute approximate surface area is 118 Å². The Morgan fingerprint density at radius 1 is 1.00 bits per heavy atom.